The molecule has 1 amide bonds. The van der Waals surface area contributed by atoms with Gasteiger partial charge in [0, 0.05) is 17.1 Å². The number of carbonyl (C=O) groups is 1. The topological polar surface area (TPSA) is 55.1 Å². The van der Waals surface area contributed by atoms with Crippen LogP contribution in [0, 0.1) is 12.7 Å². The Balaban J connectivity index is 1.85. The minimum Gasteiger partial charge on any atom is -0.398 e. The van der Waals surface area contributed by atoms with Crippen LogP contribution in [0.4, 0.5) is 10.1 Å². The maximum absolute atomic E-state index is 12.7. The Morgan fingerprint density at radius 1 is 1.37 bits per heavy atom. The Kier molecular flexibility index (Phi) is 4.16. The van der Waals surface area contributed by atoms with Gasteiger partial charge in [-0.05, 0) is 37.1 Å². The summed E-state index contributed by atoms with van der Waals surface area (Å²) >= 11 is 1.38. The third-order valence-electron chi connectivity index (χ3n) is 2.79. The molecule has 0 bridgehead atoms. The van der Waals surface area contributed by atoms with E-state index in [-0.39, 0.29) is 11.7 Å². The van der Waals surface area contributed by atoms with Gasteiger partial charge in [-0.1, -0.05) is 12.1 Å². The van der Waals surface area contributed by atoms with Crippen LogP contribution in [0.5, 0.6) is 0 Å². The highest BCUT2D eigenvalue weighted by molar-refractivity contribution is 7.14. The highest BCUT2D eigenvalue weighted by Crippen LogP contribution is 2.23. The zero-order valence-corrected chi connectivity index (χ0v) is 11.4. The molecule has 0 aliphatic rings. The molecule has 19 heavy (non-hydrogen) atoms. The van der Waals surface area contributed by atoms with Gasteiger partial charge in [0.25, 0.3) is 5.91 Å². The first kappa shape index (κ1) is 13.5. The normalized spacial score (nSPS) is 10.4. The standard InChI is InChI=1S/C14H15FN2OS/c1-9-12(16)8-13(19-9)14(18)17-7-6-10-2-4-11(15)5-3-10/h2-5,8H,6-7,16H2,1H3,(H,17,18). The van der Waals surface area contributed by atoms with Crippen molar-refractivity contribution < 1.29 is 9.18 Å². The molecule has 1 aromatic carbocycles. The summed E-state index contributed by atoms with van der Waals surface area (Å²) in [7, 11) is 0. The fourth-order valence-corrected chi connectivity index (χ4v) is 2.52. The summed E-state index contributed by atoms with van der Waals surface area (Å²) in [4.78, 5) is 13.4. The molecule has 0 fully saturated rings. The fraction of sp³-hybridized carbons (Fsp3) is 0.214. The molecule has 0 saturated carbocycles. The number of benzene rings is 1. The number of aryl methyl sites for hydroxylation is 1. The van der Waals surface area contributed by atoms with E-state index in [9.17, 15) is 9.18 Å². The fourth-order valence-electron chi connectivity index (χ4n) is 1.67. The third kappa shape index (κ3) is 3.54. The molecule has 0 radical (unpaired) electrons. The molecule has 3 nitrogen and oxygen atoms in total. The van der Waals surface area contributed by atoms with E-state index in [1.165, 1.54) is 23.5 Å². The highest BCUT2D eigenvalue weighted by Gasteiger charge is 2.10. The van der Waals surface area contributed by atoms with Crippen LogP contribution in [-0.2, 0) is 6.42 Å². The Labute approximate surface area is 115 Å². The summed E-state index contributed by atoms with van der Waals surface area (Å²) in [6.07, 6.45) is 0.672. The van der Waals surface area contributed by atoms with E-state index in [0.29, 0.717) is 23.5 Å². The zero-order chi connectivity index (χ0) is 13.8. The van der Waals surface area contributed by atoms with Crippen LogP contribution in [0.25, 0.3) is 0 Å². The third-order valence-corrected chi connectivity index (χ3v) is 3.86. The van der Waals surface area contributed by atoms with Crippen LogP contribution in [0.15, 0.2) is 30.3 Å². The summed E-state index contributed by atoms with van der Waals surface area (Å²) in [6, 6.07) is 7.96. The van der Waals surface area contributed by atoms with E-state index in [1.54, 1.807) is 18.2 Å². The van der Waals surface area contributed by atoms with Gasteiger partial charge in [-0.3, -0.25) is 4.79 Å². The molecule has 0 aliphatic carbocycles. The van der Waals surface area contributed by atoms with Crippen molar-refractivity contribution in [2.75, 3.05) is 12.3 Å². The second-order valence-corrected chi connectivity index (χ2v) is 5.51. The zero-order valence-electron chi connectivity index (χ0n) is 10.6. The summed E-state index contributed by atoms with van der Waals surface area (Å²) in [5.74, 6) is -0.371. The predicted octanol–water partition coefficient (Wildman–Crippen LogP) is 2.75. The van der Waals surface area contributed by atoms with Crippen LogP contribution in [0.3, 0.4) is 0 Å². The molecule has 5 heteroatoms. The van der Waals surface area contributed by atoms with E-state index in [0.717, 1.165) is 10.4 Å². The molecule has 3 N–H and O–H groups in total. The number of rotatable bonds is 4. The van der Waals surface area contributed by atoms with E-state index in [2.05, 4.69) is 5.32 Å². The second kappa shape index (κ2) is 5.84. The summed E-state index contributed by atoms with van der Waals surface area (Å²) < 4.78 is 12.7. The van der Waals surface area contributed by atoms with Crippen molar-refractivity contribution in [2.24, 2.45) is 0 Å². The Bertz CT molecular complexity index is 558. The molecule has 0 spiro atoms. The van der Waals surface area contributed by atoms with Gasteiger partial charge in [0.05, 0.1) is 4.88 Å². The number of hydrogen-bond donors (Lipinski definition) is 2. The number of anilines is 1. The van der Waals surface area contributed by atoms with Crippen molar-refractivity contribution in [2.45, 2.75) is 13.3 Å². The largest absolute Gasteiger partial charge is 0.398 e. The summed E-state index contributed by atoms with van der Waals surface area (Å²) in [5, 5.41) is 2.82. The number of amides is 1. The molecular weight excluding hydrogens is 263 g/mol. The van der Waals surface area contributed by atoms with Gasteiger partial charge >= 0.3 is 0 Å². The lowest BCUT2D eigenvalue weighted by Gasteiger charge is -2.03. The van der Waals surface area contributed by atoms with Crippen molar-refractivity contribution >= 4 is 22.9 Å². The van der Waals surface area contributed by atoms with Gasteiger partial charge < -0.3 is 11.1 Å². The van der Waals surface area contributed by atoms with Gasteiger partial charge in [-0.25, -0.2) is 4.39 Å². The molecule has 100 valence electrons. The maximum atomic E-state index is 12.7. The van der Waals surface area contributed by atoms with Crippen molar-refractivity contribution in [3.8, 4) is 0 Å². The van der Waals surface area contributed by atoms with Gasteiger partial charge in [-0.15, -0.1) is 11.3 Å². The minimum absolute atomic E-state index is 0.119. The Morgan fingerprint density at radius 2 is 2.05 bits per heavy atom. The first-order valence-electron chi connectivity index (χ1n) is 5.95. The molecule has 1 aromatic heterocycles. The lowest BCUT2D eigenvalue weighted by Crippen LogP contribution is -2.24. The van der Waals surface area contributed by atoms with Gasteiger partial charge in [0.15, 0.2) is 0 Å². The molecule has 2 rings (SSSR count). The molecule has 0 unspecified atom stereocenters. The van der Waals surface area contributed by atoms with Crippen LogP contribution in [0.1, 0.15) is 20.1 Å². The van der Waals surface area contributed by atoms with Gasteiger partial charge in [0.1, 0.15) is 5.82 Å². The number of hydrogen-bond acceptors (Lipinski definition) is 3. The predicted molar refractivity (Wildman–Crippen MR) is 75.9 cm³/mol. The quantitative estimate of drug-likeness (QED) is 0.903. The number of nitrogens with two attached hydrogens (primary N) is 1. The van der Waals surface area contributed by atoms with E-state index >= 15 is 0 Å². The van der Waals surface area contributed by atoms with Crippen LogP contribution in [0.2, 0.25) is 0 Å². The number of carbonyl (C=O) groups excluding carboxylic acids is 1. The van der Waals surface area contributed by atoms with Crippen molar-refractivity contribution in [1.82, 2.24) is 5.32 Å². The molecule has 1 heterocycles. The van der Waals surface area contributed by atoms with Crippen LogP contribution in [-0.4, -0.2) is 12.5 Å². The van der Waals surface area contributed by atoms with Crippen LogP contribution >= 0.6 is 11.3 Å². The molecule has 2 aromatic rings. The average Bonchev–Trinajstić information content (AvgIpc) is 2.72. The monoisotopic (exact) mass is 278 g/mol. The van der Waals surface area contributed by atoms with Gasteiger partial charge in [-0.2, -0.15) is 0 Å². The minimum atomic E-state index is -0.252. The lowest BCUT2D eigenvalue weighted by molar-refractivity contribution is 0.0958. The number of thiophene rings is 1. The Hall–Kier alpha value is -1.88. The van der Waals surface area contributed by atoms with E-state index < -0.39 is 0 Å². The van der Waals surface area contributed by atoms with Crippen molar-refractivity contribution in [3.05, 3.63) is 51.5 Å². The first-order chi connectivity index (χ1) is 9.06. The Morgan fingerprint density at radius 3 is 2.63 bits per heavy atom. The number of nitrogens with one attached hydrogen (secondary N) is 1. The molecular formula is C14H15FN2OS. The molecule has 0 aliphatic heterocycles. The van der Waals surface area contributed by atoms with E-state index in [1.807, 2.05) is 6.92 Å². The van der Waals surface area contributed by atoms with Crippen molar-refractivity contribution in [1.29, 1.82) is 0 Å². The highest BCUT2D eigenvalue weighted by atomic mass is 32.1. The van der Waals surface area contributed by atoms with Crippen molar-refractivity contribution in [3.63, 3.8) is 0 Å². The molecule has 0 atom stereocenters. The lowest BCUT2D eigenvalue weighted by atomic mass is 10.1. The van der Waals surface area contributed by atoms with E-state index in [4.69, 9.17) is 5.73 Å². The SMILES string of the molecule is Cc1sc(C(=O)NCCc2ccc(F)cc2)cc1N. The number of halogens is 1. The van der Waals surface area contributed by atoms with Crippen LogP contribution < -0.4 is 11.1 Å². The van der Waals surface area contributed by atoms with Gasteiger partial charge in [0.2, 0.25) is 0 Å². The number of nitrogen functional groups attached to an aromatic ring is 1. The maximum Gasteiger partial charge on any atom is 0.261 e. The first-order valence-corrected chi connectivity index (χ1v) is 6.76. The summed E-state index contributed by atoms with van der Waals surface area (Å²) in [5.41, 5.74) is 7.34. The smallest absolute Gasteiger partial charge is 0.261 e. The second-order valence-electron chi connectivity index (χ2n) is 4.25. The summed E-state index contributed by atoms with van der Waals surface area (Å²) in [6.45, 7) is 2.40. The molecule has 0 saturated heterocycles. The average molecular weight is 278 g/mol.